The Labute approximate surface area is 178 Å². The van der Waals surface area contributed by atoms with Gasteiger partial charge in [0.15, 0.2) is 11.5 Å². The minimum atomic E-state index is -0.230. The summed E-state index contributed by atoms with van der Waals surface area (Å²) >= 11 is 0. The van der Waals surface area contributed by atoms with Crippen molar-refractivity contribution in [1.82, 2.24) is 15.6 Å². The second-order valence-corrected chi connectivity index (χ2v) is 7.86. The number of piperidine rings is 1. The average molecular weight is 413 g/mol. The highest BCUT2D eigenvalue weighted by atomic mass is 16.5. The monoisotopic (exact) mass is 412 g/mol. The number of nitrogens with one attached hydrogen (secondary N) is 2. The Morgan fingerprint density at radius 1 is 1.17 bits per heavy atom. The molecule has 1 aromatic carbocycles. The van der Waals surface area contributed by atoms with Gasteiger partial charge in [0.1, 0.15) is 5.82 Å². The van der Waals surface area contributed by atoms with Crippen LogP contribution in [-0.4, -0.2) is 38.3 Å². The lowest BCUT2D eigenvalue weighted by Gasteiger charge is -2.31. The molecule has 1 unspecified atom stereocenters. The lowest BCUT2D eigenvalue weighted by Crippen LogP contribution is -2.36. The van der Waals surface area contributed by atoms with Crippen molar-refractivity contribution in [3.05, 3.63) is 47.7 Å². The molecule has 1 fully saturated rings. The van der Waals surface area contributed by atoms with Gasteiger partial charge in [-0.05, 0) is 55.0 Å². The first-order chi connectivity index (χ1) is 14.5. The number of pyridine rings is 1. The molecular weight excluding hydrogens is 380 g/mol. The lowest BCUT2D eigenvalue weighted by molar-refractivity contribution is 0.237. The van der Waals surface area contributed by atoms with Crippen molar-refractivity contribution < 1.29 is 14.3 Å². The summed E-state index contributed by atoms with van der Waals surface area (Å²) in [6, 6.07) is 9.28. The molecule has 1 aliphatic heterocycles. The van der Waals surface area contributed by atoms with Gasteiger partial charge in [0.05, 0.1) is 20.3 Å². The second kappa shape index (κ2) is 10.2. The van der Waals surface area contributed by atoms with E-state index in [9.17, 15) is 4.79 Å². The molecule has 7 heteroatoms. The predicted octanol–water partition coefficient (Wildman–Crippen LogP) is 3.90. The normalized spacial score (nSPS) is 15.4. The third-order valence-electron chi connectivity index (χ3n) is 5.63. The number of aromatic nitrogens is 1. The minimum absolute atomic E-state index is 0.174. The topological polar surface area (TPSA) is 75.7 Å². The highest BCUT2D eigenvalue weighted by Gasteiger charge is 2.17. The first-order valence-corrected chi connectivity index (χ1v) is 10.5. The molecule has 30 heavy (non-hydrogen) atoms. The van der Waals surface area contributed by atoms with Crippen molar-refractivity contribution in [2.45, 2.75) is 39.3 Å². The number of nitrogens with zero attached hydrogens (tertiary/aromatic N) is 2. The molecule has 2 N–H and O–H groups in total. The third-order valence-corrected chi connectivity index (χ3v) is 5.63. The second-order valence-electron chi connectivity index (χ2n) is 7.86. The van der Waals surface area contributed by atoms with Crippen LogP contribution in [0.5, 0.6) is 11.5 Å². The van der Waals surface area contributed by atoms with Gasteiger partial charge in [0, 0.05) is 25.8 Å². The van der Waals surface area contributed by atoms with Crippen LogP contribution in [0.4, 0.5) is 10.6 Å². The maximum absolute atomic E-state index is 12.3. The van der Waals surface area contributed by atoms with Crippen LogP contribution in [0.2, 0.25) is 0 Å². The maximum atomic E-state index is 12.3. The van der Waals surface area contributed by atoms with E-state index in [1.165, 1.54) is 12.8 Å². The zero-order chi connectivity index (χ0) is 21.5. The van der Waals surface area contributed by atoms with Gasteiger partial charge < -0.3 is 25.0 Å². The van der Waals surface area contributed by atoms with Gasteiger partial charge in [0.2, 0.25) is 0 Å². The van der Waals surface area contributed by atoms with E-state index >= 15 is 0 Å². The number of ether oxygens (including phenoxy) is 2. The quantitative estimate of drug-likeness (QED) is 0.721. The van der Waals surface area contributed by atoms with Crippen molar-refractivity contribution >= 4 is 11.8 Å². The first kappa shape index (κ1) is 21.7. The fourth-order valence-corrected chi connectivity index (χ4v) is 3.58. The van der Waals surface area contributed by atoms with E-state index < -0.39 is 0 Å². The molecule has 2 aromatic rings. The molecule has 2 amide bonds. The predicted molar refractivity (Wildman–Crippen MR) is 118 cm³/mol. The van der Waals surface area contributed by atoms with Crippen LogP contribution >= 0.6 is 0 Å². The molecule has 162 valence electrons. The summed E-state index contributed by atoms with van der Waals surface area (Å²) in [5.74, 6) is 3.10. The molecule has 0 bridgehead atoms. The molecule has 1 atom stereocenters. The molecule has 0 spiro atoms. The van der Waals surface area contributed by atoms with Gasteiger partial charge in [-0.1, -0.05) is 19.1 Å². The van der Waals surface area contributed by atoms with Crippen LogP contribution < -0.4 is 25.0 Å². The number of amides is 2. The summed E-state index contributed by atoms with van der Waals surface area (Å²) in [6.07, 6.45) is 4.26. The maximum Gasteiger partial charge on any atom is 0.315 e. The van der Waals surface area contributed by atoms with Gasteiger partial charge >= 0.3 is 6.03 Å². The Kier molecular flexibility index (Phi) is 7.38. The number of benzene rings is 1. The van der Waals surface area contributed by atoms with Crippen molar-refractivity contribution in [1.29, 1.82) is 0 Å². The summed E-state index contributed by atoms with van der Waals surface area (Å²) in [7, 11) is 3.19. The Hall–Kier alpha value is -2.96. The van der Waals surface area contributed by atoms with E-state index in [0.717, 1.165) is 36.0 Å². The molecule has 3 rings (SSSR count). The Bertz CT molecular complexity index is 833. The average Bonchev–Trinajstić information content (AvgIpc) is 2.78. The summed E-state index contributed by atoms with van der Waals surface area (Å²) < 4.78 is 10.6. The number of methoxy groups -OCH3 is 2. The number of anilines is 1. The SMILES string of the molecule is COc1ccc(C(C)NC(=O)NCc2ccc(N3CCC(C)CC3)nc2)cc1OC. The van der Waals surface area contributed by atoms with E-state index in [2.05, 4.69) is 27.4 Å². The first-order valence-electron chi connectivity index (χ1n) is 10.5. The lowest BCUT2D eigenvalue weighted by atomic mass is 9.99. The number of rotatable bonds is 7. The van der Waals surface area contributed by atoms with Gasteiger partial charge in [-0.25, -0.2) is 9.78 Å². The van der Waals surface area contributed by atoms with Gasteiger partial charge in [-0.15, -0.1) is 0 Å². The molecule has 1 saturated heterocycles. The third kappa shape index (κ3) is 5.55. The number of carbonyl (C=O) groups excluding carboxylic acids is 1. The summed E-state index contributed by atoms with van der Waals surface area (Å²) in [5, 5.41) is 5.84. The molecule has 1 aliphatic rings. The Morgan fingerprint density at radius 2 is 1.90 bits per heavy atom. The van der Waals surface area contributed by atoms with E-state index in [1.54, 1.807) is 14.2 Å². The number of hydrogen-bond donors (Lipinski definition) is 2. The van der Waals surface area contributed by atoms with E-state index in [1.807, 2.05) is 43.5 Å². The number of hydrogen-bond acceptors (Lipinski definition) is 5. The molecule has 0 radical (unpaired) electrons. The van der Waals surface area contributed by atoms with E-state index in [0.29, 0.717) is 18.0 Å². The van der Waals surface area contributed by atoms with Crippen molar-refractivity contribution in [3.8, 4) is 11.5 Å². The molecule has 0 aliphatic carbocycles. The smallest absolute Gasteiger partial charge is 0.315 e. The van der Waals surface area contributed by atoms with E-state index in [4.69, 9.17) is 9.47 Å². The summed E-state index contributed by atoms with van der Waals surface area (Å²) in [6.45, 7) is 6.77. The Balaban J connectivity index is 1.49. The summed E-state index contributed by atoms with van der Waals surface area (Å²) in [5.41, 5.74) is 1.91. The van der Waals surface area contributed by atoms with Crippen LogP contribution in [0.15, 0.2) is 36.5 Å². The van der Waals surface area contributed by atoms with Crippen LogP contribution in [0.1, 0.15) is 43.9 Å². The van der Waals surface area contributed by atoms with Crippen LogP contribution in [0.3, 0.4) is 0 Å². The minimum Gasteiger partial charge on any atom is -0.493 e. The Morgan fingerprint density at radius 3 is 2.53 bits per heavy atom. The largest absolute Gasteiger partial charge is 0.493 e. The fourth-order valence-electron chi connectivity index (χ4n) is 3.58. The fraction of sp³-hybridized carbons (Fsp3) is 0.478. The molecule has 1 aromatic heterocycles. The van der Waals surface area contributed by atoms with Crippen molar-refractivity contribution in [3.63, 3.8) is 0 Å². The van der Waals surface area contributed by atoms with Gasteiger partial charge in [-0.2, -0.15) is 0 Å². The zero-order valence-electron chi connectivity index (χ0n) is 18.3. The molecule has 2 heterocycles. The van der Waals surface area contributed by atoms with Gasteiger partial charge in [-0.3, -0.25) is 0 Å². The number of urea groups is 1. The van der Waals surface area contributed by atoms with Crippen molar-refractivity contribution in [2.24, 2.45) is 5.92 Å². The van der Waals surface area contributed by atoms with Crippen molar-refractivity contribution in [2.75, 3.05) is 32.2 Å². The van der Waals surface area contributed by atoms with Gasteiger partial charge in [0.25, 0.3) is 0 Å². The molecule has 0 saturated carbocycles. The highest BCUT2D eigenvalue weighted by Crippen LogP contribution is 2.29. The number of carbonyl (C=O) groups is 1. The van der Waals surface area contributed by atoms with Crippen LogP contribution in [-0.2, 0) is 6.54 Å². The molecular formula is C23H32N4O3. The zero-order valence-corrected chi connectivity index (χ0v) is 18.3. The molecule has 7 nitrogen and oxygen atoms in total. The standard InChI is InChI=1S/C23H32N4O3/c1-16-9-11-27(12-10-16)22-8-5-18(14-24-22)15-25-23(28)26-17(2)19-6-7-20(29-3)21(13-19)30-4/h5-8,13-14,16-17H,9-12,15H2,1-4H3,(H2,25,26,28). The highest BCUT2D eigenvalue weighted by molar-refractivity contribution is 5.74. The van der Waals surface area contributed by atoms with Crippen LogP contribution in [0, 0.1) is 5.92 Å². The summed E-state index contributed by atoms with van der Waals surface area (Å²) in [4.78, 5) is 19.2. The van der Waals surface area contributed by atoms with Crippen LogP contribution in [0.25, 0.3) is 0 Å². The van der Waals surface area contributed by atoms with E-state index in [-0.39, 0.29) is 12.1 Å².